The molecule has 3 aliphatic heterocycles. The lowest BCUT2D eigenvalue weighted by Gasteiger charge is -2.31. The van der Waals surface area contributed by atoms with Gasteiger partial charge in [-0.25, -0.2) is 33.5 Å². The largest absolute Gasteiger partial charge is 0.479 e. The third kappa shape index (κ3) is 9.85. The number of rotatable bonds is 21. The topological polar surface area (TPSA) is 179 Å². The van der Waals surface area contributed by atoms with Crippen LogP contribution in [0.4, 0.5) is 26.7 Å². The SMILES string of the molecule is CC(=O)OCCOCCOOCCNC(=O)OCCOCCOOc1cc[n+]2c(c1)-c1cc(OOOO)cc[n+]1[C@]21c2cc(F)cc(F)c2C2=CC=C(C(F)(F)F)CN21. The van der Waals surface area contributed by atoms with E-state index < -0.39 is 47.8 Å². The maximum absolute atomic E-state index is 15.6. The summed E-state index contributed by atoms with van der Waals surface area (Å²) < 4.78 is 96.3. The fraction of sp³-hybridized carbons (Fsp3) is 0.389. The van der Waals surface area contributed by atoms with Crippen LogP contribution in [-0.4, -0.2) is 101 Å². The number of alkyl carbamates (subject to hydrolysis) is 1. The summed E-state index contributed by atoms with van der Waals surface area (Å²) in [7, 11) is 0. The van der Waals surface area contributed by atoms with Crippen LogP contribution in [0.1, 0.15) is 18.1 Å². The van der Waals surface area contributed by atoms with E-state index in [0.717, 1.165) is 18.2 Å². The molecule has 0 saturated carbocycles. The highest BCUT2D eigenvalue weighted by Gasteiger charge is 2.71. The molecule has 18 nitrogen and oxygen atoms in total. The Kier molecular flexibility index (Phi) is 14.2. The standard InChI is InChI=1S/C36H35F5N4O14/c1-23(46)51-14-10-49-12-16-54-53-9-6-42-34(47)52-15-11-50-13-17-55-56-26-4-7-43-31(20-26)32-21-27(57-59-58-48)5-8-44(32)36(43)28-18-25(37)19-29(38)33(28)30-3-2-24(22-45(30)36)35(39,40)41/h2-5,7-8,18-21H,6,9-17,22H2,1H3/p+2/t36-/m0/s1. The van der Waals surface area contributed by atoms with Crippen LogP contribution in [0.25, 0.3) is 17.1 Å². The van der Waals surface area contributed by atoms with Crippen molar-refractivity contribution >= 4 is 17.8 Å². The van der Waals surface area contributed by atoms with E-state index in [1.54, 1.807) is 0 Å². The van der Waals surface area contributed by atoms with Gasteiger partial charge in [0, 0.05) is 36.7 Å². The Morgan fingerprint density at radius 2 is 1.44 bits per heavy atom. The zero-order valence-corrected chi connectivity index (χ0v) is 31.0. The molecular weight excluding hydrogens is 807 g/mol. The Hall–Kier alpha value is -5.53. The summed E-state index contributed by atoms with van der Waals surface area (Å²) in [6, 6.07) is 7.36. The van der Waals surface area contributed by atoms with Crippen LogP contribution in [0.2, 0.25) is 0 Å². The number of hydrogen-bond donors (Lipinski definition) is 2. The summed E-state index contributed by atoms with van der Waals surface area (Å²) in [6.07, 6.45) is -0.571. The van der Waals surface area contributed by atoms with E-state index in [4.69, 9.17) is 48.6 Å². The molecule has 0 unspecified atom stereocenters. The van der Waals surface area contributed by atoms with Gasteiger partial charge >= 0.3 is 24.0 Å². The van der Waals surface area contributed by atoms with Gasteiger partial charge in [-0.2, -0.15) is 18.1 Å². The van der Waals surface area contributed by atoms with E-state index in [-0.39, 0.29) is 106 Å². The Morgan fingerprint density at radius 3 is 2.10 bits per heavy atom. The maximum Gasteiger partial charge on any atom is 0.479 e. The average molecular weight is 845 g/mol. The van der Waals surface area contributed by atoms with Crippen LogP contribution < -0.4 is 24.2 Å². The molecule has 0 saturated heterocycles. The van der Waals surface area contributed by atoms with Crippen molar-refractivity contribution in [3.8, 4) is 22.9 Å². The van der Waals surface area contributed by atoms with Crippen molar-refractivity contribution in [2.24, 2.45) is 0 Å². The Bertz CT molecular complexity index is 2060. The molecule has 0 fully saturated rings. The lowest BCUT2D eigenvalue weighted by atomic mass is 10.0. The van der Waals surface area contributed by atoms with Gasteiger partial charge in [0.2, 0.25) is 0 Å². The number of ether oxygens (including phenoxy) is 4. The molecule has 0 bridgehead atoms. The molecule has 0 aliphatic carbocycles. The average Bonchev–Trinajstić information content (AvgIpc) is 3.65. The summed E-state index contributed by atoms with van der Waals surface area (Å²) in [5, 5.41) is 18.8. The molecule has 6 rings (SSSR count). The molecule has 1 atom stereocenters. The van der Waals surface area contributed by atoms with Gasteiger partial charge in [0.05, 0.1) is 68.5 Å². The first-order chi connectivity index (χ1) is 28.4. The molecule has 1 amide bonds. The molecule has 1 spiro atoms. The zero-order valence-electron chi connectivity index (χ0n) is 31.0. The van der Waals surface area contributed by atoms with Crippen molar-refractivity contribution in [3.63, 3.8) is 0 Å². The van der Waals surface area contributed by atoms with Crippen molar-refractivity contribution in [1.82, 2.24) is 10.2 Å². The first-order valence-corrected chi connectivity index (χ1v) is 17.7. The quantitative estimate of drug-likeness (QED) is 0.0399. The maximum atomic E-state index is 15.6. The number of esters is 1. The van der Waals surface area contributed by atoms with E-state index in [1.807, 2.05) is 0 Å². The minimum absolute atomic E-state index is 0.00745. The molecule has 1 aromatic carbocycles. The number of carbonyl (C=O) groups excluding carboxylic acids is 2. The number of alkyl halides is 3. The van der Waals surface area contributed by atoms with E-state index in [0.29, 0.717) is 6.07 Å². The predicted octanol–water partition coefficient (Wildman–Crippen LogP) is 3.18. The molecule has 23 heteroatoms. The number of pyridine rings is 2. The van der Waals surface area contributed by atoms with Crippen LogP contribution >= 0.6 is 0 Å². The van der Waals surface area contributed by atoms with Crippen LogP contribution in [-0.2, 0) is 54.3 Å². The monoisotopic (exact) mass is 844 g/mol. The second kappa shape index (κ2) is 19.5. The van der Waals surface area contributed by atoms with E-state index in [2.05, 4.69) is 15.4 Å². The minimum atomic E-state index is -4.73. The molecule has 59 heavy (non-hydrogen) atoms. The lowest BCUT2D eigenvalue weighted by molar-refractivity contribution is -0.970. The molecule has 3 aromatic rings. The van der Waals surface area contributed by atoms with Gasteiger partial charge in [0.25, 0.3) is 11.4 Å². The number of nitrogens with zero attached hydrogens (tertiary/aromatic N) is 3. The van der Waals surface area contributed by atoms with Gasteiger partial charge < -0.3 is 34.0 Å². The summed E-state index contributed by atoms with van der Waals surface area (Å²) >= 11 is 0. The number of hydrogen-bond acceptors (Lipinski definition) is 15. The van der Waals surface area contributed by atoms with E-state index in [1.165, 1.54) is 57.6 Å². The third-order valence-corrected chi connectivity index (χ3v) is 8.73. The summed E-state index contributed by atoms with van der Waals surface area (Å²) in [5.41, 5.74) is -0.411. The Morgan fingerprint density at radius 1 is 0.814 bits per heavy atom. The summed E-state index contributed by atoms with van der Waals surface area (Å²) in [4.78, 5) is 49.3. The van der Waals surface area contributed by atoms with Crippen LogP contribution in [0.3, 0.4) is 0 Å². The van der Waals surface area contributed by atoms with Crippen molar-refractivity contribution in [2.75, 3.05) is 72.6 Å². The van der Waals surface area contributed by atoms with Crippen molar-refractivity contribution in [2.45, 2.75) is 18.9 Å². The molecular formula is C36H37F5N4O14+2. The number of fused-ring (bicyclic) bond motifs is 10. The normalized spacial score (nSPS) is 16.2. The van der Waals surface area contributed by atoms with Gasteiger partial charge in [-0.05, 0) is 17.2 Å². The number of nitrogens with one attached hydrogen (secondary N) is 1. The van der Waals surface area contributed by atoms with Gasteiger partial charge in [-0.15, -0.1) is 9.13 Å². The highest BCUT2D eigenvalue weighted by Crippen LogP contribution is 2.50. The molecule has 2 aromatic heterocycles. The smallest absolute Gasteiger partial charge is 0.463 e. The highest BCUT2D eigenvalue weighted by molar-refractivity contribution is 5.76. The number of halogens is 5. The second-order valence-corrected chi connectivity index (χ2v) is 12.4. The number of allylic oxidation sites excluding steroid dienone is 2. The lowest BCUT2D eigenvalue weighted by Crippen LogP contribution is -2.76. The second-order valence-electron chi connectivity index (χ2n) is 12.4. The molecule has 318 valence electrons. The molecule has 5 heterocycles. The molecule has 2 N–H and O–H groups in total. The Balaban J connectivity index is 1.03. The van der Waals surface area contributed by atoms with Crippen LogP contribution in [0.5, 0.6) is 11.5 Å². The number of amides is 1. The third-order valence-electron chi connectivity index (χ3n) is 8.73. The van der Waals surface area contributed by atoms with E-state index >= 15 is 8.78 Å². The predicted molar refractivity (Wildman–Crippen MR) is 181 cm³/mol. The summed E-state index contributed by atoms with van der Waals surface area (Å²) in [6.45, 7) is 1.29. The van der Waals surface area contributed by atoms with Gasteiger partial charge in [-0.3, -0.25) is 4.79 Å². The molecule has 0 radical (unpaired) electrons. The van der Waals surface area contributed by atoms with Gasteiger partial charge in [0.1, 0.15) is 43.6 Å². The van der Waals surface area contributed by atoms with Gasteiger partial charge in [-0.1, -0.05) is 6.08 Å². The van der Waals surface area contributed by atoms with Gasteiger partial charge in [0.15, 0.2) is 23.9 Å². The fourth-order valence-electron chi connectivity index (χ4n) is 6.50. The van der Waals surface area contributed by atoms with Crippen molar-refractivity contribution < 1.29 is 99.4 Å². The fourth-order valence-corrected chi connectivity index (χ4v) is 6.50. The van der Waals surface area contributed by atoms with Crippen molar-refractivity contribution in [1.29, 1.82) is 0 Å². The number of aromatic nitrogens is 2. The van der Waals surface area contributed by atoms with Crippen LogP contribution in [0, 0.1) is 11.6 Å². The first kappa shape index (κ1) is 43.1. The number of carbonyl (C=O) groups is 2. The Labute approximate surface area is 330 Å². The summed E-state index contributed by atoms with van der Waals surface area (Å²) in [5.74, 6) is -4.06. The number of benzene rings is 1. The van der Waals surface area contributed by atoms with E-state index in [9.17, 15) is 22.8 Å². The zero-order chi connectivity index (χ0) is 42.0. The van der Waals surface area contributed by atoms with Crippen molar-refractivity contribution in [3.05, 3.63) is 89.3 Å². The molecule has 3 aliphatic rings. The highest BCUT2D eigenvalue weighted by atomic mass is 19.4. The minimum Gasteiger partial charge on any atom is -0.463 e. The van der Waals surface area contributed by atoms with Crippen LogP contribution in [0.15, 0.2) is 66.5 Å². The first-order valence-electron chi connectivity index (χ1n) is 17.7.